The lowest BCUT2D eigenvalue weighted by Gasteiger charge is -2.21. The Morgan fingerprint density at radius 3 is 3.19 bits per heavy atom. The second-order valence-electron chi connectivity index (χ2n) is 4.65. The number of aliphatic imine (C=N–C) groups is 2. The zero-order valence-electron chi connectivity index (χ0n) is 9.91. The number of allylic oxidation sites excluding steroid dienone is 1. The minimum Gasteiger partial charge on any atom is -0.316 e. The fraction of sp³-hybridized carbons (Fsp3) is 0.692. The van der Waals surface area contributed by atoms with Crippen molar-refractivity contribution >= 4 is 11.5 Å². The van der Waals surface area contributed by atoms with Crippen LogP contribution in [0.3, 0.4) is 0 Å². The van der Waals surface area contributed by atoms with Crippen molar-refractivity contribution in [3.63, 3.8) is 0 Å². The minimum absolute atomic E-state index is 0.745. The van der Waals surface area contributed by atoms with Crippen molar-refractivity contribution in [2.45, 2.75) is 32.1 Å². The number of nitrogens with one attached hydrogen (secondary N) is 1. The van der Waals surface area contributed by atoms with E-state index in [0.29, 0.717) is 0 Å². The van der Waals surface area contributed by atoms with Crippen molar-refractivity contribution in [1.82, 2.24) is 5.32 Å². The largest absolute Gasteiger partial charge is 0.316 e. The van der Waals surface area contributed by atoms with E-state index >= 15 is 0 Å². The highest BCUT2D eigenvalue weighted by atomic mass is 15.0. The van der Waals surface area contributed by atoms with Crippen LogP contribution in [0.25, 0.3) is 0 Å². The molecule has 88 valence electrons. The first-order chi connectivity index (χ1) is 7.88. The number of hydrogen-bond donors (Lipinski definition) is 1. The van der Waals surface area contributed by atoms with Crippen LogP contribution in [-0.4, -0.2) is 31.2 Å². The molecule has 2 heterocycles. The predicted octanol–water partition coefficient (Wildman–Crippen LogP) is 2.20. The van der Waals surface area contributed by atoms with Gasteiger partial charge in [-0.2, -0.15) is 0 Å². The second kappa shape index (κ2) is 5.94. The lowest BCUT2D eigenvalue weighted by atomic mass is 9.96. The first-order valence-electron chi connectivity index (χ1n) is 6.30. The fourth-order valence-electron chi connectivity index (χ4n) is 2.31. The molecular weight excluding hydrogens is 198 g/mol. The summed E-state index contributed by atoms with van der Waals surface area (Å²) in [4.78, 5) is 9.13. The SMILES string of the molecule is C=CCCC1=NC(CC2CCCNC2)=NC1. The topological polar surface area (TPSA) is 36.8 Å². The summed E-state index contributed by atoms with van der Waals surface area (Å²) in [6.45, 7) is 6.87. The van der Waals surface area contributed by atoms with Crippen LogP contribution in [-0.2, 0) is 0 Å². The van der Waals surface area contributed by atoms with E-state index < -0.39 is 0 Å². The van der Waals surface area contributed by atoms with Crippen LogP contribution < -0.4 is 5.32 Å². The molecular formula is C13H21N3. The third-order valence-corrected chi connectivity index (χ3v) is 3.24. The van der Waals surface area contributed by atoms with Gasteiger partial charge >= 0.3 is 0 Å². The monoisotopic (exact) mass is 219 g/mol. The first kappa shape index (κ1) is 11.5. The van der Waals surface area contributed by atoms with Crippen molar-refractivity contribution in [1.29, 1.82) is 0 Å². The van der Waals surface area contributed by atoms with Gasteiger partial charge in [0, 0.05) is 12.1 Å². The average molecular weight is 219 g/mol. The second-order valence-corrected chi connectivity index (χ2v) is 4.65. The summed E-state index contributed by atoms with van der Waals surface area (Å²) in [5.41, 5.74) is 1.23. The third kappa shape index (κ3) is 3.27. The summed E-state index contributed by atoms with van der Waals surface area (Å²) in [6, 6.07) is 0. The Morgan fingerprint density at radius 2 is 2.44 bits per heavy atom. The molecule has 0 amide bonds. The van der Waals surface area contributed by atoms with E-state index in [-0.39, 0.29) is 0 Å². The Kier molecular flexibility index (Phi) is 4.28. The zero-order valence-corrected chi connectivity index (χ0v) is 9.91. The Labute approximate surface area is 97.8 Å². The Balaban J connectivity index is 1.77. The molecule has 16 heavy (non-hydrogen) atoms. The van der Waals surface area contributed by atoms with Gasteiger partial charge in [0.25, 0.3) is 0 Å². The highest BCUT2D eigenvalue weighted by molar-refractivity contribution is 6.04. The molecule has 0 aromatic carbocycles. The summed E-state index contributed by atoms with van der Waals surface area (Å²) in [5, 5.41) is 3.44. The number of piperidine rings is 1. The molecule has 0 saturated carbocycles. The molecule has 2 aliphatic rings. The molecule has 0 spiro atoms. The van der Waals surface area contributed by atoms with E-state index in [0.717, 1.165) is 44.1 Å². The highest BCUT2D eigenvalue weighted by Gasteiger charge is 2.17. The van der Waals surface area contributed by atoms with Gasteiger partial charge in [-0.3, -0.25) is 4.99 Å². The van der Waals surface area contributed by atoms with Crippen LogP contribution in [0.2, 0.25) is 0 Å². The van der Waals surface area contributed by atoms with E-state index in [1.165, 1.54) is 25.1 Å². The van der Waals surface area contributed by atoms with Crippen molar-refractivity contribution in [3.05, 3.63) is 12.7 Å². The van der Waals surface area contributed by atoms with E-state index in [4.69, 9.17) is 0 Å². The Hall–Kier alpha value is -0.960. The van der Waals surface area contributed by atoms with Crippen molar-refractivity contribution in [2.75, 3.05) is 19.6 Å². The number of rotatable bonds is 5. The lowest BCUT2D eigenvalue weighted by molar-refractivity contribution is 0.387. The van der Waals surface area contributed by atoms with Crippen molar-refractivity contribution in [3.8, 4) is 0 Å². The van der Waals surface area contributed by atoms with Crippen LogP contribution in [0, 0.1) is 5.92 Å². The molecule has 0 aromatic rings. The maximum absolute atomic E-state index is 4.61. The Morgan fingerprint density at radius 1 is 1.50 bits per heavy atom. The average Bonchev–Trinajstić information content (AvgIpc) is 2.75. The molecule has 1 atom stereocenters. The molecule has 0 radical (unpaired) electrons. The van der Waals surface area contributed by atoms with E-state index in [9.17, 15) is 0 Å². The van der Waals surface area contributed by atoms with Crippen LogP contribution >= 0.6 is 0 Å². The van der Waals surface area contributed by atoms with E-state index in [1.54, 1.807) is 0 Å². The predicted molar refractivity (Wildman–Crippen MR) is 69.4 cm³/mol. The van der Waals surface area contributed by atoms with Gasteiger partial charge in [0.2, 0.25) is 0 Å². The molecule has 2 rings (SSSR count). The molecule has 1 saturated heterocycles. The van der Waals surface area contributed by atoms with Crippen molar-refractivity contribution < 1.29 is 0 Å². The molecule has 3 nitrogen and oxygen atoms in total. The van der Waals surface area contributed by atoms with Gasteiger partial charge in [0.05, 0.1) is 6.54 Å². The molecule has 0 bridgehead atoms. The van der Waals surface area contributed by atoms with Crippen molar-refractivity contribution in [2.24, 2.45) is 15.9 Å². The van der Waals surface area contributed by atoms with Crippen LogP contribution in [0.4, 0.5) is 0 Å². The maximum Gasteiger partial charge on any atom is 0.123 e. The summed E-state index contributed by atoms with van der Waals surface area (Å²) in [5.74, 6) is 1.82. The minimum atomic E-state index is 0.745. The molecule has 1 unspecified atom stereocenters. The Bertz CT molecular complexity index is 298. The van der Waals surface area contributed by atoms with Gasteiger partial charge in [-0.25, -0.2) is 4.99 Å². The fourth-order valence-corrected chi connectivity index (χ4v) is 2.31. The summed E-state index contributed by atoms with van der Waals surface area (Å²) < 4.78 is 0. The normalized spacial score (nSPS) is 25.1. The van der Waals surface area contributed by atoms with Gasteiger partial charge in [0.15, 0.2) is 0 Å². The number of nitrogens with zero attached hydrogens (tertiary/aromatic N) is 2. The molecule has 3 heteroatoms. The maximum atomic E-state index is 4.61. The van der Waals surface area contributed by atoms with E-state index in [2.05, 4.69) is 21.9 Å². The summed E-state index contributed by atoms with van der Waals surface area (Å²) in [6.07, 6.45) is 7.68. The standard InChI is InChI=1S/C13H21N3/c1-2-3-6-12-10-15-13(16-12)8-11-5-4-7-14-9-11/h2,11,14H,1,3-10H2. The summed E-state index contributed by atoms with van der Waals surface area (Å²) in [7, 11) is 0. The highest BCUT2D eigenvalue weighted by Crippen LogP contribution is 2.17. The van der Waals surface area contributed by atoms with Gasteiger partial charge in [-0.05, 0) is 44.7 Å². The smallest absolute Gasteiger partial charge is 0.123 e. The molecule has 0 aliphatic carbocycles. The van der Waals surface area contributed by atoms with Gasteiger partial charge in [-0.15, -0.1) is 6.58 Å². The molecule has 0 aromatic heterocycles. The van der Waals surface area contributed by atoms with Crippen LogP contribution in [0.5, 0.6) is 0 Å². The zero-order chi connectivity index (χ0) is 11.2. The number of amidine groups is 1. The third-order valence-electron chi connectivity index (χ3n) is 3.24. The van der Waals surface area contributed by atoms with E-state index in [1.807, 2.05) is 6.08 Å². The molecule has 2 aliphatic heterocycles. The molecule has 1 fully saturated rings. The lowest BCUT2D eigenvalue weighted by Crippen LogP contribution is -2.30. The van der Waals surface area contributed by atoms with Crippen LogP contribution in [0.15, 0.2) is 22.6 Å². The summed E-state index contributed by atoms with van der Waals surface area (Å²) >= 11 is 0. The molecule has 1 N–H and O–H groups in total. The first-order valence-corrected chi connectivity index (χ1v) is 6.30. The number of hydrogen-bond acceptors (Lipinski definition) is 3. The van der Waals surface area contributed by atoms with Gasteiger partial charge < -0.3 is 5.32 Å². The van der Waals surface area contributed by atoms with Gasteiger partial charge in [-0.1, -0.05) is 6.08 Å². The quantitative estimate of drug-likeness (QED) is 0.707. The van der Waals surface area contributed by atoms with Gasteiger partial charge in [0.1, 0.15) is 5.84 Å². The van der Waals surface area contributed by atoms with Crippen LogP contribution in [0.1, 0.15) is 32.1 Å².